The van der Waals surface area contributed by atoms with E-state index < -0.39 is 33.9 Å². The van der Waals surface area contributed by atoms with Gasteiger partial charge < -0.3 is 15.4 Å². The Kier molecular flexibility index (Phi) is 8.01. The lowest BCUT2D eigenvalue weighted by Crippen LogP contribution is -2.49. The van der Waals surface area contributed by atoms with Crippen LogP contribution in [0, 0.1) is 0 Å². The summed E-state index contributed by atoms with van der Waals surface area (Å²) < 4.78 is 37.9. The van der Waals surface area contributed by atoms with Crippen LogP contribution in [0.3, 0.4) is 0 Å². The summed E-state index contributed by atoms with van der Waals surface area (Å²) in [6.45, 7) is 5.46. The molecule has 2 rings (SSSR count). The molecule has 9 nitrogen and oxygen atoms in total. The molecular formula is C21H27N3O6S. The Morgan fingerprint density at radius 2 is 1.61 bits per heavy atom. The second kappa shape index (κ2) is 10.3. The van der Waals surface area contributed by atoms with E-state index in [1.807, 2.05) is 35.1 Å². The molecule has 2 amide bonds. The molecular weight excluding hydrogens is 422 g/mol. The number of benzene rings is 2. The number of anilines is 1. The number of hydrogen-bond acceptors (Lipinski definition) is 5. The van der Waals surface area contributed by atoms with E-state index in [0.717, 1.165) is 5.56 Å². The summed E-state index contributed by atoms with van der Waals surface area (Å²) in [5.74, 6) is -0.394. The smallest absolute Gasteiger partial charge is 0.408 e. The molecule has 0 radical (unpaired) electrons. The minimum atomic E-state index is -4.38. The van der Waals surface area contributed by atoms with Gasteiger partial charge in [0.2, 0.25) is 5.91 Å². The van der Waals surface area contributed by atoms with Gasteiger partial charge in [-0.25, -0.2) is 4.79 Å². The summed E-state index contributed by atoms with van der Waals surface area (Å²) in [6.07, 6.45) is -0.580. The molecule has 2 aromatic carbocycles. The van der Waals surface area contributed by atoms with Crippen molar-refractivity contribution in [3.63, 3.8) is 0 Å². The molecule has 0 heterocycles. The highest BCUT2D eigenvalue weighted by atomic mass is 32.2. The molecule has 4 N–H and O–H groups in total. The predicted molar refractivity (Wildman–Crippen MR) is 117 cm³/mol. The number of carbonyl (C=O) groups excluding carboxylic acids is 2. The molecule has 1 atom stereocenters. The van der Waals surface area contributed by atoms with Crippen molar-refractivity contribution in [1.29, 1.82) is 0 Å². The van der Waals surface area contributed by atoms with Crippen LogP contribution in [0.1, 0.15) is 31.9 Å². The van der Waals surface area contributed by atoms with Crippen LogP contribution in [-0.2, 0) is 32.8 Å². The van der Waals surface area contributed by atoms with Gasteiger partial charge in [-0.15, -0.1) is 0 Å². The van der Waals surface area contributed by atoms with Crippen molar-refractivity contribution in [3.05, 3.63) is 65.7 Å². The normalized spacial score (nSPS) is 12.5. The first-order chi connectivity index (χ1) is 14.4. The van der Waals surface area contributed by atoms with Gasteiger partial charge in [-0.1, -0.05) is 42.5 Å². The van der Waals surface area contributed by atoms with E-state index >= 15 is 0 Å². The lowest BCUT2D eigenvalue weighted by Gasteiger charge is -2.23. The van der Waals surface area contributed by atoms with Gasteiger partial charge in [-0.2, -0.15) is 8.42 Å². The van der Waals surface area contributed by atoms with Crippen molar-refractivity contribution in [2.24, 2.45) is 0 Å². The highest BCUT2D eigenvalue weighted by molar-refractivity contribution is 7.87. The van der Waals surface area contributed by atoms with Gasteiger partial charge in [0, 0.05) is 13.0 Å². The van der Waals surface area contributed by atoms with E-state index in [0.29, 0.717) is 12.1 Å². The molecule has 0 aliphatic carbocycles. The van der Waals surface area contributed by atoms with Crippen LogP contribution in [0.15, 0.2) is 54.6 Å². The fourth-order valence-electron chi connectivity index (χ4n) is 2.66. The fraction of sp³-hybridized carbons (Fsp3) is 0.333. The van der Waals surface area contributed by atoms with Crippen LogP contribution in [0.2, 0.25) is 0 Å². The van der Waals surface area contributed by atoms with Gasteiger partial charge in [0.15, 0.2) is 0 Å². The van der Waals surface area contributed by atoms with Crippen molar-refractivity contribution in [1.82, 2.24) is 10.6 Å². The van der Waals surface area contributed by atoms with E-state index in [2.05, 4.69) is 10.6 Å². The lowest BCUT2D eigenvalue weighted by atomic mass is 10.0. The predicted octanol–water partition coefficient (Wildman–Crippen LogP) is 2.65. The van der Waals surface area contributed by atoms with Crippen molar-refractivity contribution >= 4 is 28.0 Å². The Balaban J connectivity index is 2.10. The topological polar surface area (TPSA) is 134 Å². The van der Waals surface area contributed by atoms with Crippen molar-refractivity contribution in [3.8, 4) is 0 Å². The average Bonchev–Trinajstić information content (AvgIpc) is 2.65. The number of amides is 2. The van der Waals surface area contributed by atoms with Gasteiger partial charge in [0.05, 0.1) is 5.69 Å². The average molecular weight is 450 g/mol. The summed E-state index contributed by atoms with van der Waals surface area (Å²) in [7, 11) is -4.38. The summed E-state index contributed by atoms with van der Waals surface area (Å²) in [5.41, 5.74) is 1.01. The SMILES string of the molecule is CC(C)(C)OC(=O)N[C@H](Cc1ccc(NS(=O)(=O)O)cc1)C(=O)NCc1ccccc1. The van der Waals surface area contributed by atoms with Crippen LogP contribution < -0.4 is 15.4 Å². The van der Waals surface area contributed by atoms with Gasteiger partial charge >= 0.3 is 16.4 Å². The Hall–Kier alpha value is -3.11. The molecule has 10 heteroatoms. The Morgan fingerprint density at radius 1 is 1.00 bits per heavy atom. The molecule has 31 heavy (non-hydrogen) atoms. The zero-order chi connectivity index (χ0) is 23.1. The number of rotatable bonds is 8. The van der Waals surface area contributed by atoms with Crippen LogP contribution in [0.5, 0.6) is 0 Å². The third kappa shape index (κ3) is 9.49. The summed E-state index contributed by atoms with van der Waals surface area (Å²) in [4.78, 5) is 25.0. The number of alkyl carbamates (subject to hydrolysis) is 1. The van der Waals surface area contributed by atoms with Gasteiger partial charge in [-0.05, 0) is 44.0 Å². The zero-order valence-electron chi connectivity index (χ0n) is 17.6. The molecule has 0 aliphatic heterocycles. The second-order valence-electron chi connectivity index (χ2n) is 7.88. The van der Waals surface area contributed by atoms with Gasteiger partial charge in [0.25, 0.3) is 0 Å². The first-order valence-corrected chi connectivity index (χ1v) is 11.0. The Morgan fingerprint density at radius 3 is 2.16 bits per heavy atom. The third-order valence-electron chi connectivity index (χ3n) is 3.96. The molecule has 0 saturated heterocycles. The maximum Gasteiger partial charge on any atom is 0.408 e. The van der Waals surface area contributed by atoms with Crippen LogP contribution >= 0.6 is 0 Å². The number of hydrogen-bond donors (Lipinski definition) is 4. The van der Waals surface area contributed by atoms with Crippen LogP contribution in [0.25, 0.3) is 0 Å². The largest absolute Gasteiger partial charge is 0.444 e. The second-order valence-corrected chi connectivity index (χ2v) is 9.03. The molecule has 2 aromatic rings. The van der Waals surface area contributed by atoms with E-state index in [-0.39, 0.29) is 12.1 Å². The van der Waals surface area contributed by atoms with E-state index in [4.69, 9.17) is 9.29 Å². The zero-order valence-corrected chi connectivity index (χ0v) is 18.4. The van der Waals surface area contributed by atoms with E-state index in [9.17, 15) is 18.0 Å². The molecule has 0 spiro atoms. The van der Waals surface area contributed by atoms with E-state index in [1.54, 1.807) is 32.9 Å². The van der Waals surface area contributed by atoms with Gasteiger partial charge in [-0.3, -0.25) is 14.1 Å². The number of carbonyl (C=O) groups is 2. The highest BCUT2D eigenvalue weighted by Crippen LogP contribution is 2.13. The third-order valence-corrected chi connectivity index (χ3v) is 4.45. The maximum atomic E-state index is 12.8. The molecule has 0 fully saturated rings. The number of nitrogens with one attached hydrogen (secondary N) is 3. The molecule has 168 valence electrons. The quantitative estimate of drug-likeness (QED) is 0.458. The first-order valence-electron chi connectivity index (χ1n) is 9.56. The highest BCUT2D eigenvalue weighted by Gasteiger charge is 2.24. The van der Waals surface area contributed by atoms with Gasteiger partial charge in [0.1, 0.15) is 11.6 Å². The van der Waals surface area contributed by atoms with Crippen molar-refractivity contribution in [2.45, 2.75) is 45.4 Å². The van der Waals surface area contributed by atoms with Crippen molar-refractivity contribution < 1.29 is 27.3 Å². The molecule has 0 bridgehead atoms. The Labute approximate surface area is 182 Å². The Bertz CT molecular complexity index is 986. The standard InChI is InChI=1S/C21H27N3O6S/c1-21(2,3)30-20(26)23-18(19(25)22-14-16-7-5-4-6-8-16)13-15-9-11-17(12-10-15)24-31(27,28)29/h4-12,18,24H,13-14H2,1-3H3,(H,22,25)(H,23,26)(H,27,28,29)/t18-/m1/s1. The molecule has 0 saturated carbocycles. The minimum absolute atomic E-state index is 0.145. The van der Waals surface area contributed by atoms with Crippen LogP contribution in [0.4, 0.5) is 10.5 Å². The monoisotopic (exact) mass is 449 g/mol. The first kappa shape index (κ1) is 24.2. The molecule has 0 unspecified atom stereocenters. The fourth-order valence-corrected chi connectivity index (χ4v) is 3.09. The summed E-state index contributed by atoms with van der Waals surface area (Å²) >= 11 is 0. The van der Waals surface area contributed by atoms with Crippen LogP contribution in [-0.4, -0.2) is 36.6 Å². The molecule has 0 aromatic heterocycles. The molecule has 0 aliphatic rings. The maximum absolute atomic E-state index is 12.8. The number of ether oxygens (including phenoxy) is 1. The summed E-state index contributed by atoms with van der Waals surface area (Å²) in [5, 5.41) is 5.38. The summed E-state index contributed by atoms with van der Waals surface area (Å²) in [6, 6.07) is 14.5. The minimum Gasteiger partial charge on any atom is -0.444 e. The van der Waals surface area contributed by atoms with Crippen molar-refractivity contribution in [2.75, 3.05) is 4.72 Å². The van der Waals surface area contributed by atoms with E-state index in [1.165, 1.54) is 12.1 Å². The lowest BCUT2D eigenvalue weighted by molar-refractivity contribution is -0.123.